The summed E-state index contributed by atoms with van der Waals surface area (Å²) in [6.07, 6.45) is 1.59. The topological polar surface area (TPSA) is 75.6 Å². The fraction of sp³-hybridized carbons (Fsp3) is 1.00. The predicted octanol–water partition coefficient (Wildman–Crippen LogP) is 0.660. The summed E-state index contributed by atoms with van der Waals surface area (Å²) >= 11 is 0. The molecule has 0 radical (unpaired) electrons. The van der Waals surface area contributed by atoms with Gasteiger partial charge in [0, 0.05) is 33.7 Å². The van der Waals surface area contributed by atoms with E-state index >= 15 is 0 Å². The van der Waals surface area contributed by atoms with Crippen molar-refractivity contribution in [2.45, 2.75) is 87.0 Å². The third kappa shape index (κ3) is 3.04. The van der Waals surface area contributed by atoms with E-state index in [0.717, 1.165) is 25.9 Å². The zero-order chi connectivity index (χ0) is 17.6. The van der Waals surface area contributed by atoms with Crippen molar-refractivity contribution in [2.24, 2.45) is 0 Å². The Morgan fingerprint density at radius 2 is 1.96 bits per heavy atom. The molecule has 0 aromatic rings. The van der Waals surface area contributed by atoms with Crippen LogP contribution in [0.4, 0.5) is 0 Å². The summed E-state index contributed by atoms with van der Waals surface area (Å²) in [6.45, 7) is 3.11. The van der Waals surface area contributed by atoms with Crippen molar-refractivity contribution in [3.05, 3.63) is 0 Å². The molecule has 7 heteroatoms. The van der Waals surface area contributed by atoms with Gasteiger partial charge in [0.15, 0.2) is 0 Å². The minimum Gasteiger partial charge on any atom is -0.387 e. The summed E-state index contributed by atoms with van der Waals surface area (Å²) in [4.78, 5) is 0. The molecular weight excluding hydrogens is 328 g/mol. The molecule has 0 amide bonds. The molecule has 0 saturated carbocycles. The molecule has 4 aliphatic rings. The van der Waals surface area contributed by atoms with E-state index in [2.05, 4.69) is 0 Å². The molecule has 0 aromatic heterocycles. The standard InChI is InChI=1S/C18H30O7/c1-18-15(8-11(21-3)14(25-18)9-20-2)23-13-7-12-10(5-4-6-22-12)24-16(13)17(18)19/h10-17,19H,4-9H2,1-3H3/t10-,11-,12+,13-,14+,15+,16-,17+,18+/m0/s1. The second-order valence-electron chi connectivity index (χ2n) is 7.84. The molecule has 9 atom stereocenters. The van der Waals surface area contributed by atoms with Crippen molar-refractivity contribution in [1.82, 2.24) is 0 Å². The maximum Gasteiger partial charge on any atom is 0.121 e. The van der Waals surface area contributed by atoms with Crippen LogP contribution in [0.3, 0.4) is 0 Å². The molecule has 0 spiro atoms. The second kappa shape index (κ2) is 7.03. The van der Waals surface area contributed by atoms with Crippen molar-refractivity contribution in [2.75, 3.05) is 27.4 Å². The Morgan fingerprint density at radius 1 is 1.12 bits per heavy atom. The first kappa shape index (κ1) is 18.1. The van der Waals surface area contributed by atoms with E-state index in [1.54, 1.807) is 14.2 Å². The molecule has 144 valence electrons. The highest BCUT2D eigenvalue weighted by Gasteiger charge is 2.61. The highest BCUT2D eigenvalue weighted by molar-refractivity contribution is 5.09. The average molecular weight is 358 g/mol. The molecule has 0 bridgehead atoms. The van der Waals surface area contributed by atoms with Crippen LogP contribution in [-0.4, -0.2) is 87.0 Å². The lowest BCUT2D eigenvalue weighted by Crippen LogP contribution is -2.73. The van der Waals surface area contributed by atoms with E-state index in [-0.39, 0.29) is 42.7 Å². The summed E-state index contributed by atoms with van der Waals surface area (Å²) in [5.41, 5.74) is -0.832. The number of methoxy groups -OCH3 is 2. The second-order valence-corrected chi connectivity index (χ2v) is 7.84. The Balaban J connectivity index is 1.54. The van der Waals surface area contributed by atoms with Gasteiger partial charge in [-0.2, -0.15) is 0 Å². The molecule has 4 rings (SSSR count). The highest BCUT2D eigenvalue weighted by Crippen LogP contribution is 2.45. The first-order chi connectivity index (χ1) is 12.1. The zero-order valence-corrected chi connectivity index (χ0v) is 15.3. The van der Waals surface area contributed by atoms with Gasteiger partial charge in [0.05, 0.1) is 37.1 Å². The van der Waals surface area contributed by atoms with Gasteiger partial charge >= 0.3 is 0 Å². The lowest BCUT2D eigenvalue weighted by Gasteiger charge is -2.58. The van der Waals surface area contributed by atoms with E-state index in [1.807, 2.05) is 6.92 Å². The van der Waals surface area contributed by atoms with Crippen LogP contribution in [-0.2, 0) is 28.4 Å². The monoisotopic (exact) mass is 358 g/mol. The fourth-order valence-corrected chi connectivity index (χ4v) is 4.87. The van der Waals surface area contributed by atoms with Crippen molar-refractivity contribution in [3.63, 3.8) is 0 Å². The van der Waals surface area contributed by atoms with Crippen LogP contribution in [0.1, 0.15) is 32.6 Å². The zero-order valence-electron chi connectivity index (χ0n) is 15.3. The number of hydrogen-bond donors (Lipinski definition) is 1. The quantitative estimate of drug-likeness (QED) is 0.794. The lowest BCUT2D eigenvalue weighted by atomic mass is 9.76. The van der Waals surface area contributed by atoms with Gasteiger partial charge in [-0.1, -0.05) is 0 Å². The first-order valence-corrected chi connectivity index (χ1v) is 9.37. The minimum absolute atomic E-state index is 0.0403. The third-order valence-corrected chi connectivity index (χ3v) is 6.32. The predicted molar refractivity (Wildman–Crippen MR) is 87.5 cm³/mol. The van der Waals surface area contributed by atoms with E-state index in [1.165, 1.54) is 0 Å². The summed E-state index contributed by atoms with van der Waals surface area (Å²) in [7, 11) is 3.31. The molecule has 4 fully saturated rings. The van der Waals surface area contributed by atoms with Crippen molar-refractivity contribution < 1.29 is 33.5 Å². The van der Waals surface area contributed by atoms with E-state index < -0.39 is 11.7 Å². The Morgan fingerprint density at radius 3 is 2.72 bits per heavy atom. The summed E-state index contributed by atoms with van der Waals surface area (Å²) in [6, 6.07) is 0. The van der Waals surface area contributed by atoms with Gasteiger partial charge in [-0.3, -0.25) is 0 Å². The van der Waals surface area contributed by atoms with E-state index in [4.69, 9.17) is 28.4 Å². The summed E-state index contributed by atoms with van der Waals surface area (Å²) < 4.78 is 35.6. The molecule has 25 heavy (non-hydrogen) atoms. The van der Waals surface area contributed by atoms with Crippen LogP contribution in [0.5, 0.6) is 0 Å². The van der Waals surface area contributed by atoms with Crippen LogP contribution in [0.2, 0.25) is 0 Å². The van der Waals surface area contributed by atoms with E-state index in [9.17, 15) is 5.11 Å². The molecular formula is C18H30O7. The number of hydrogen-bond acceptors (Lipinski definition) is 7. The maximum atomic E-state index is 11.1. The van der Waals surface area contributed by atoms with Gasteiger partial charge in [-0.25, -0.2) is 0 Å². The number of rotatable bonds is 3. The van der Waals surface area contributed by atoms with Crippen molar-refractivity contribution in [3.8, 4) is 0 Å². The van der Waals surface area contributed by atoms with Crippen LogP contribution in [0, 0.1) is 0 Å². The van der Waals surface area contributed by atoms with Gasteiger partial charge in [0.1, 0.15) is 23.9 Å². The average Bonchev–Trinajstić information content (AvgIpc) is 2.62. The van der Waals surface area contributed by atoms with Gasteiger partial charge in [0.2, 0.25) is 0 Å². The molecule has 7 nitrogen and oxygen atoms in total. The fourth-order valence-electron chi connectivity index (χ4n) is 4.87. The number of ether oxygens (including phenoxy) is 6. The van der Waals surface area contributed by atoms with Crippen LogP contribution < -0.4 is 0 Å². The van der Waals surface area contributed by atoms with Gasteiger partial charge in [-0.15, -0.1) is 0 Å². The largest absolute Gasteiger partial charge is 0.387 e. The molecule has 0 unspecified atom stereocenters. The Bertz CT molecular complexity index is 474. The Hall–Kier alpha value is -0.280. The smallest absolute Gasteiger partial charge is 0.121 e. The van der Waals surface area contributed by atoms with Crippen LogP contribution in [0.25, 0.3) is 0 Å². The van der Waals surface area contributed by atoms with Crippen LogP contribution in [0.15, 0.2) is 0 Å². The maximum absolute atomic E-state index is 11.1. The first-order valence-electron chi connectivity index (χ1n) is 9.37. The van der Waals surface area contributed by atoms with E-state index in [0.29, 0.717) is 13.0 Å². The Kier molecular flexibility index (Phi) is 5.09. The van der Waals surface area contributed by atoms with Gasteiger partial charge < -0.3 is 33.5 Å². The number of aliphatic hydroxyl groups excluding tert-OH is 1. The normalized spacial score (nSPS) is 52.8. The van der Waals surface area contributed by atoms with Crippen molar-refractivity contribution >= 4 is 0 Å². The Labute approximate surface area is 148 Å². The number of aliphatic hydroxyl groups is 1. The number of fused-ring (bicyclic) bond motifs is 3. The highest BCUT2D eigenvalue weighted by atomic mass is 16.6. The van der Waals surface area contributed by atoms with Gasteiger partial charge in [0.25, 0.3) is 0 Å². The minimum atomic E-state index is -0.832. The molecule has 4 saturated heterocycles. The third-order valence-electron chi connectivity index (χ3n) is 6.32. The molecule has 4 aliphatic heterocycles. The molecule has 1 N–H and O–H groups in total. The molecule has 0 aliphatic carbocycles. The van der Waals surface area contributed by atoms with Crippen LogP contribution >= 0.6 is 0 Å². The molecule has 0 aromatic carbocycles. The summed E-state index contributed by atoms with van der Waals surface area (Å²) in [5, 5.41) is 11.1. The summed E-state index contributed by atoms with van der Waals surface area (Å²) in [5.74, 6) is 0. The molecule has 4 heterocycles. The SMILES string of the molecule is COC[C@H]1O[C@@]2(C)[C@H](O)[C@H]3O[C@H]4CCCO[C@@H]4C[C@@H]3O[C@@H]2C[C@@H]1OC. The van der Waals surface area contributed by atoms with Gasteiger partial charge in [-0.05, 0) is 19.8 Å². The lowest BCUT2D eigenvalue weighted by molar-refractivity contribution is -0.355. The van der Waals surface area contributed by atoms with Crippen molar-refractivity contribution in [1.29, 1.82) is 0 Å².